The van der Waals surface area contributed by atoms with Crippen molar-refractivity contribution in [2.45, 2.75) is 19.3 Å². The number of carbonyl (C=O) groups is 2. The molecule has 2 rings (SSSR count). The standard InChI is InChI=1S/C18H18O2/c19-12-11-18(15-20,13-16-7-3-1-4-8-16)14-17-9-5-2-6-10-17/h1-10,12,15H,11,13-14H2. The van der Waals surface area contributed by atoms with E-state index in [0.717, 1.165) is 23.7 Å². The monoisotopic (exact) mass is 266 g/mol. The van der Waals surface area contributed by atoms with Crippen molar-refractivity contribution in [1.29, 1.82) is 0 Å². The number of hydrogen-bond donors (Lipinski definition) is 0. The van der Waals surface area contributed by atoms with Crippen LogP contribution in [0, 0.1) is 5.41 Å². The summed E-state index contributed by atoms with van der Waals surface area (Å²) >= 11 is 0. The highest BCUT2D eigenvalue weighted by Gasteiger charge is 2.30. The molecule has 0 spiro atoms. The van der Waals surface area contributed by atoms with Gasteiger partial charge in [-0.2, -0.15) is 0 Å². The lowest BCUT2D eigenvalue weighted by atomic mass is 9.75. The molecule has 0 aromatic heterocycles. The van der Waals surface area contributed by atoms with Crippen LogP contribution in [0.1, 0.15) is 17.5 Å². The summed E-state index contributed by atoms with van der Waals surface area (Å²) in [4.78, 5) is 22.7. The summed E-state index contributed by atoms with van der Waals surface area (Å²) in [6, 6.07) is 19.7. The predicted octanol–water partition coefficient (Wildman–Crippen LogP) is 3.25. The summed E-state index contributed by atoms with van der Waals surface area (Å²) in [5, 5.41) is 0. The zero-order valence-electron chi connectivity index (χ0n) is 11.4. The van der Waals surface area contributed by atoms with Gasteiger partial charge in [-0.25, -0.2) is 0 Å². The maximum Gasteiger partial charge on any atom is 0.127 e. The van der Waals surface area contributed by atoms with E-state index in [4.69, 9.17) is 0 Å². The second-order valence-electron chi connectivity index (χ2n) is 5.18. The van der Waals surface area contributed by atoms with Gasteiger partial charge in [-0.05, 0) is 24.0 Å². The summed E-state index contributed by atoms with van der Waals surface area (Å²) < 4.78 is 0. The first-order valence-corrected chi connectivity index (χ1v) is 6.76. The molecule has 0 aliphatic heterocycles. The Kier molecular flexibility index (Phi) is 4.83. The van der Waals surface area contributed by atoms with Crippen molar-refractivity contribution in [3.63, 3.8) is 0 Å². The van der Waals surface area contributed by atoms with E-state index < -0.39 is 5.41 Å². The highest BCUT2D eigenvalue weighted by Crippen LogP contribution is 2.29. The fraction of sp³-hybridized carbons (Fsp3) is 0.222. The number of carbonyl (C=O) groups excluding carboxylic acids is 2. The molecule has 2 nitrogen and oxygen atoms in total. The van der Waals surface area contributed by atoms with Crippen molar-refractivity contribution < 1.29 is 9.59 Å². The molecule has 0 bridgehead atoms. The van der Waals surface area contributed by atoms with Gasteiger partial charge in [0, 0.05) is 11.8 Å². The lowest BCUT2D eigenvalue weighted by molar-refractivity contribution is -0.120. The molecule has 2 aromatic carbocycles. The Bertz CT molecular complexity index is 505. The maximum atomic E-state index is 11.7. The van der Waals surface area contributed by atoms with E-state index in [1.54, 1.807) is 0 Å². The van der Waals surface area contributed by atoms with Crippen LogP contribution in [0.5, 0.6) is 0 Å². The molecule has 0 saturated heterocycles. The summed E-state index contributed by atoms with van der Waals surface area (Å²) in [7, 11) is 0. The van der Waals surface area contributed by atoms with E-state index in [1.807, 2.05) is 60.7 Å². The van der Waals surface area contributed by atoms with Crippen LogP contribution in [0.2, 0.25) is 0 Å². The zero-order chi connectivity index (χ0) is 14.3. The van der Waals surface area contributed by atoms with E-state index in [1.165, 1.54) is 0 Å². The van der Waals surface area contributed by atoms with Crippen LogP contribution in [-0.2, 0) is 22.4 Å². The van der Waals surface area contributed by atoms with Gasteiger partial charge in [0.25, 0.3) is 0 Å². The third-order valence-corrected chi connectivity index (χ3v) is 3.54. The number of rotatable bonds is 7. The van der Waals surface area contributed by atoms with Gasteiger partial charge in [-0.3, -0.25) is 0 Å². The van der Waals surface area contributed by atoms with Gasteiger partial charge in [-0.15, -0.1) is 0 Å². The number of aldehydes is 2. The van der Waals surface area contributed by atoms with Gasteiger partial charge >= 0.3 is 0 Å². The topological polar surface area (TPSA) is 34.1 Å². The normalized spacial score (nSPS) is 11.0. The first-order valence-electron chi connectivity index (χ1n) is 6.76. The molecule has 0 saturated carbocycles. The smallest absolute Gasteiger partial charge is 0.127 e. The SMILES string of the molecule is O=CCC(C=O)(Cc1ccccc1)Cc1ccccc1. The minimum atomic E-state index is -0.648. The molecule has 0 heterocycles. The van der Waals surface area contributed by atoms with Crippen LogP contribution < -0.4 is 0 Å². The first-order chi connectivity index (χ1) is 9.78. The first kappa shape index (κ1) is 14.2. The van der Waals surface area contributed by atoms with Gasteiger partial charge < -0.3 is 9.59 Å². The number of hydrogen-bond acceptors (Lipinski definition) is 2. The molecule has 20 heavy (non-hydrogen) atoms. The number of benzene rings is 2. The summed E-state index contributed by atoms with van der Waals surface area (Å²) in [6.07, 6.45) is 3.22. The average Bonchev–Trinajstić information content (AvgIpc) is 2.49. The Labute approximate surface area is 119 Å². The van der Waals surface area contributed by atoms with Crippen LogP contribution in [0.15, 0.2) is 60.7 Å². The second-order valence-corrected chi connectivity index (χ2v) is 5.18. The van der Waals surface area contributed by atoms with Gasteiger partial charge in [0.1, 0.15) is 12.6 Å². The van der Waals surface area contributed by atoms with Gasteiger partial charge in [0.2, 0.25) is 0 Å². The van der Waals surface area contributed by atoms with E-state index in [-0.39, 0.29) is 6.42 Å². The highest BCUT2D eigenvalue weighted by atomic mass is 16.1. The van der Waals surface area contributed by atoms with Crippen molar-refractivity contribution >= 4 is 12.6 Å². The molecular formula is C18H18O2. The van der Waals surface area contributed by atoms with Crippen molar-refractivity contribution in [2.24, 2.45) is 5.41 Å². The maximum absolute atomic E-state index is 11.7. The van der Waals surface area contributed by atoms with Crippen molar-refractivity contribution in [3.8, 4) is 0 Å². The molecule has 0 unspecified atom stereocenters. The second kappa shape index (κ2) is 6.80. The Morgan fingerprint density at radius 2 is 1.20 bits per heavy atom. The molecule has 0 N–H and O–H groups in total. The van der Waals surface area contributed by atoms with Crippen molar-refractivity contribution in [3.05, 3.63) is 71.8 Å². The quantitative estimate of drug-likeness (QED) is 0.721. The van der Waals surface area contributed by atoms with Crippen LogP contribution >= 0.6 is 0 Å². The summed E-state index contributed by atoms with van der Waals surface area (Å²) in [5.74, 6) is 0. The van der Waals surface area contributed by atoms with E-state index >= 15 is 0 Å². The average molecular weight is 266 g/mol. The molecule has 102 valence electrons. The van der Waals surface area contributed by atoms with Crippen molar-refractivity contribution in [2.75, 3.05) is 0 Å². The highest BCUT2D eigenvalue weighted by molar-refractivity contribution is 5.68. The Balaban J connectivity index is 2.25. The van der Waals surface area contributed by atoms with Gasteiger partial charge in [-0.1, -0.05) is 60.7 Å². The lowest BCUT2D eigenvalue weighted by Gasteiger charge is -2.26. The zero-order valence-corrected chi connectivity index (χ0v) is 11.4. The minimum absolute atomic E-state index is 0.250. The Morgan fingerprint density at radius 3 is 1.55 bits per heavy atom. The molecule has 0 radical (unpaired) electrons. The minimum Gasteiger partial charge on any atom is -0.303 e. The molecule has 0 fully saturated rings. The van der Waals surface area contributed by atoms with Crippen LogP contribution in [-0.4, -0.2) is 12.6 Å². The molecule has 2 aromatic rings. The molecule has 0 aliphatic rings. The predicted molar refractivity (Wildman–Crippen MR) is 79.5 cm³/mol. The fourth-order valence-electron chi connectivity index (χ4n) is 2.51. The third kappa shape index (κ3) is 3.64. The molecule has 0 aliphatic carbocycles. The van der Waals surface area contributed by atoms with Crippen LogP contribution in [0.3, 0.4) is 0 Å². The van der Waals surface area contributed by atoms with E-state index in [0.29, 0.717) is 12.8 Å². The van der Waals surface area contributed by atoms with Gasteiger partial charge in [0.15, 0.2) is 0 Å². The third-order valence-electron chi connectivity index (χ3n) is 3.54. The van der Waals surface area contributed by atoms with E-state index in [2.05, 4.69) is 0 Å². The molecule has 2 heteroatoms. The summed E-state index contributed by atoms with van der Waals surface area (Å²) in [5.41, 5.74) is 1.51. The van der Waals surface area contributed by atoms with Crippen LogP contribution in [0.25, 0.3) is 0 Å². The van der Waals surface area contributed by atoms with Crippen LogP contribution in [0.4, 0.5) is 0 Å². The molecular weight excluding hydrogens is 248 g/mol. The molecule has 0 atom stereocenters. The fourth-order valence-corrected chi connectivity index (χ4v) is 2.51. The Morgan fingerprint density at radius 1 is 0.750 bits per heavy atom. The van der Waals surface area contributed by atoms with Gasteiger partial charge in [0.05, 0.1) is 0 Å². The largest absolute Gasteiger partial charge is 0.303 e. The van der Waals surface area contributed by atoms with E-state index in [9.17, 15) is 9.59 Å². The molecule has 0 amide bonds. The van der Waals surface area contributed by atoms with Crippen molar-refractivity contribution in [1.82, 2.24) is 0 Å². The summed E-state index contributed by atoms with van der Waals surface area (Å²) in [6.45, 7) is 0. The Hall–Kier alpha value is -2.22. The lowest BCUT2D eigenvalue weighted by Crippen LogP contribution is -2.29.